The number of ether oxygens (including phenoxy) is 1. The molecule has 5 heteroatoms. The Bertz CT molecular complexity index is 437. The van der Waals surface area contributed by atoms with E-state index in [-0.39, 0.29) is 11.2 Å². The Balaban J connectivity index is 2.50. The second-order valence-corrected chi connectivity index (χ2v) is 6.66. The van der Waals surface area contributed by atoms with Crippen LogP contribution in [0.1, 0.15) is 25.8 Å². The number of halogens is 1. The molecule has 0 spiro atoms. The van der Waals surface area contributed by atoms with Gasteiger partial charge >= 0.3 is 5.97 Å². The summed E-state index contributed by atoms with van der Waals surface area (Å²) in [4.78, 5) is 11.5. The molecule has 2 unspecified atom stereocenters. The third-order valence-corrected chi connectivity index (χ3v) is 4.43. The number of methoxy groups -OCH3 is 1. The van der Waals surface area contributed by atoms with Gasteiger partial charge in [0.2, 0.25) is 0 Å². The largest absolute Gasteiger partial charge is 0.468 e. The van der Waals surface area contributed by atoms with Crippen molar-refractivity contribution in [2.75, 3.05) is 7.11 Å². The Morgan fingerprint density at radius 3 is 2.74 bits per heavy atom. The van der Waals surface area contributed by atoms with Gasteiger partial charge in [0.05, 0.1) is 7.11 Å². The number of hydrogen-bond acceptors (Lipinski definition) is 4. The van der Waals surface area contributed by atoms with Gasteiger partial charge in [-0.25, -0.2) is 0 Å². The zero-order valence-corrected chi connectivity index (χ0v) is 13.1. The maximum Gasteiger partial charge on any atom is 0.325 e. The molecule has 0 saturated heterocycles. The molecule has 2 N–H and O–H groups in total. The summed E-state index contributed by atoms with van der Waals surface area (Å²) in [6, 6.07) is 7.76. The fraction of sp³-hybridized carbons (Fsp3) is 0.500. The van der Waals surface area contributed by atoms with Gasteiger partial charge < -0.3 is 10.5 Å². The van der Waals surface area contributed by atoms with Crippen molar-refractivity contribution in [2.24, 2.45) is 5.73 Å². The fourth-order valence-corrected chi connectivity index (χ4v) is 3.28. The van der Waals surface area contributed by atoms with Crippen LogP contribution < -0.4 is 5.73 Å². The molecule has 0 aromatic heterocycles. The highest BCUT2D eigenvalue weighted by Gasteiger charge is 2.31. The first kappa shape index (κ1) is 16.3. The molecule has 2 atom stereocenters. The molecule has 1 rings (SSSR count). The maximum atomic E-state index is 11.5. The van der Waals surface area contributed by atoms with Crippen molar-refractivity contribution < 1.29 is 9.53 Å². The van der Waals surface area contributed by atoms with Crippen LogP contribution in [0, 0.1) is 0 Å². The topological polar surface area (TPSA) is 52.3 Å². The predicted octanol–water partition coefficient (Wildman–Crippen LogP) is 3.24. The van der Waals surface area contributed by atoms with E-state index in [0.29, 0.717) is 6.42 Å². The summed E-state index contributed by atoms with van der Waals surface area (Å²) in [5, 5.41) is 1.01. The van der Waals surface area contributed by atoms with Crippen LogP contribution in [0.25, 0.3) is 0 Å². The average Bonchev–Trinajstić information content (AvgIpc) is 2.36. The number of nitrogens with two attached hydrogens (primary N) is 1. The first-order chi connectivity index (χ1) is 8.86. The van der Waals surface area contributed by atoms with Crippen molar-refractivity contribution in [1.82, 2.24) is 0 Å². The Kier molecular flexibility index (Phi) is 6.17. The van der Waals surface area contributed by atoms with Crippen LogP contribution in [0.5, 0.6) is 0 Å². The van der Waals surface area contributed by atoms with Crippen LogP contribution in [0.15, 0.2) is 24.3 Å². The Morgan fingerprint density at radius 2 is 2.16 bits per heavy atom. The molecule has 0 amide bonds. The molecule has 1 aromatic rings. The van der Waals surface area contributed by atoms with E-state index in [1.54, 1.807) is 18.7 Å². The Hall–Kier alpha value is -0.710. The molecule has 106 valence electrons. The number of hydrogen-bond donors (Lipinski definition) is 1. The number of benzene rings is 1. The van der Waals surface area contributed by atoms with Gasteiger partial charge in [0, 0.05) is 16.0 Å². The molecule has 0 saturated carbocycles. The van der Waals surface area contributed by atoms with Gasteiger partial charge in [-0.3, -0.25) is 4.79 Å². The minimum Gasteiger partial charge on any atom is -0.468 e. The number of carbonyl (C=O) groups excluding carboxylic acids is 1. The van der Waals surface area contributed by atoms with Crippen LogP contribution in [0.3, 0.4) is 0 Å². The van der Waals surface area contributed by atoms with E-state index in [9.17, 15) is 4.79 Å². The first-order valence-electron chi connectivity index (χ1n) is 6.09. The lowest BCUT2D eigenvalue weighted by Gasteiger charge is -2.24. The number of rotatable bonds is 6. The van der Waals surface area contributed by atoms with Gasteiger partial charge in [0.1, 0.15) is 5.54 Å². The third kappa shape index (κ3) is 5.05. The Labute approximate surface area is 123 Å². The monoisotopic (exact) mass is 301 g/mol. The normalized spacial score (nSPS) is 15.6. The van der Waals surface area contributed by atoms with Crippen LogP contribution in [-0.2, 0) is 15.3 Å². The van der Waals surface area contributed by atoms with E-state index in [4.69, 9.17) is 22.1 Å². The van der Waals surface area contributed by atoms with Crippen molar-refractivity contribution in [3.8, 4) is 0 Å². The number of carbonyl (C=O) groups is 1. The van der Waals surface area contributed by atoms with E-state index in [0.717, 1.165) is 16.3 Å². The van der Waals surface area contributed by atoms with Gasteiger partial charge in [0.15, 0.2) is 0 Å². The molecule has 0 fully saturated rings. The second-order valence-electron chi connectivity index (χ2n) is 4.83. The fourth-order valence-electron chi connectivity index (χ4n) is 1.82. The summed E-state index contributed by atoms with van der Waals surface area (Å²) in [5.74, 6) is 0.427. The van der Waals surface area contributed by atoms with Crippen LogP contribution in [-0.4, -0.2) is 23.9 Å². The Morgan fingerprint density at radius 1 is 1.53 bits per heavy atom. The number of esters is 1. The van der Waals surface area contributed by atoms with Crippen molar-refractivity contribution in [3.63, 3.8) is 0 Å². The number of thioether (sulfide) groups is 1. The van der Waals surface area contributed by atoms with Gasteiger partial charge in [-0.15, -0.1) is 0 Å². The van der Waals surface area contributed by atoms with E-state index in [1.165, 1.54) is 7.11 Å². The second kappa shape index (κ2) is 7.17. The molecule has 0 aliphatic rings. The summed E-state index contributed by atoms with van der Waals surface area (Å²) in [6.07, 6.45) is 0.564. The van der Waals surface area contributed by atoms with E-state index in [1.807, 2.05) is 24.3 Å². The summed E-state index contributed by atoms with van der Waals surface area (Å²) >= 11 is 7.83. The molecule has 0 aliphatic carbocycles. The molecule has 1 aromatic carbocycles. The minimum atomic E-state index is -0.943. The minimum absolute atomic E-state index is 0.241. The first-order valence-corrected chi connectivity index (χ1v) is 7.52. The zero-order valence-electron chi connectivity index (χ0n) is 11.5. The molecule has 0 heterocycles. The highest BCUT2D eigenvalue weighted by atomic mass is 35.5. The van der Waals surface area contributed by atoms with Crippen LogP contribution in [0.2, 0.25) is 5.02 Å². The van der Waals surface area contributed by atoms with Crippen molar-refractivity contribution in [3.05, 3.63) is 34.9 Å². The molecule has 0 radical (unpaired) electrons. The molecular formula is C14H20ClNO2S. The molecule has 0 bridgehead atoms. The summed E-state index contributed by atoms with van der Waals surface area (Å²) in [6.45, 7) is 3.75. The molecule has 19 heavy (non-hydrogen) atoms. The van der Waals surface area contributed by atoms with Crippen LogP contribution >= 0.6 is 23.4 Å². The molecule has 3 nitrogen and oxygen atoms in total. The summed E-state index contributed by atoms with van der Waals surface area (Å²) in [5.41, 5.74) is 6.11. The van der Waals surface area contributed by atoms with Gasteiger partial charge in [0.25, 0.3) is 0 Å². The van der Waals surface area contributed by atoms with Crippen molar-refractivity contribution in [1.29, 1.82) is 0 Å². The smallest absolute Gasteiger partial charge is 0.325 e. The lowest BCUT2D eigenvalue weighted by molar-refractivity contribution is -0.146. The van der Waals surface area contributed by atoms with Gasteiger partial charge in [-0.2, -0.15) is 11.8 Å². The predicted molar refractivity (Wildman–Crippen MR) is 81.4 cm³/mol. The summed E-state index contributed by atoms with van der Waals surface area (Å²) < 4.78 is 4.70. The SMILES string of the molecule is COC(=O)C(C)(N)CC(C)SCc1ccccc1Cl. The molecular weight excluding hydrogens is 282 g/mol. The third-order valence-electron chi connectivity index (χ3n) is 2.84. The van der Waals surface area contributed by atoms with Gasteiger partial charge in [-0.05, 0) is 25.0 Å². The quantitative estimate of drug-likeness (QED) is 0.820. The van der Waals surface area contributed by atoms with E-state index < -0.39 is 5.54 Å². The average molecular weight is 302 g/mol. The zero-order chi connectivity index (χ0) is 14.5. The van der Waals surface area contributed by atoms with Crippen molar-refractivity contribution in [2.45, 2.75) is 36.8 Å². The highest BCUT2D eigenvalue weighted by Crippen LogP contribution is 2.27. The molecule has 0 aliphatic heterocycles. The lowest BCUT2D eigenvalue weighted by Crippen LogP contribution is -2.47. The summed E-state index contributed by atoms with van der Waals surface area (Å²) in [7, 11) is 1.36. The van der Waals surface area contributed by atoms with Crippen LogP contribution in [0.4, 0.5) is 0 Å². The highest BCUT2D eigenvalue weighted by molar-refractivity contribution is 7.99. The lowest BCUT2D eigenvalue weighted by atomic mass is 9.98. The maximum absolute atomic E-state index is 11.5. The van der Waals surface area contributed by atoms with E-state index >= 15 is 0 Å². The van der Waals surface area contributed by atoms with Gasteiger partial charge in [-0.1, -0.05) is 36.7 Å². The van der Waals surface area contributed by atoms with E-state index in [2.05, 4.69) is 6.92 Å². The van der Waals surface area contributed by atoms with Crippen molar-refractivity contribution >= 4 is 29.3 Å². The standard InChI is InChI=1S/C14H20ClNO2S/c1-10(8-14(2,16)13(17)18-3)19-9-11-6-4-5-7-12(11)15/h4-7,10H,8-9,16H2,1-3H3.